The highest BCUT2D eigenvalue weighted by molar-refractivity contribution is 6.31. The number of rotatable bonds is 4. The molecule has 19 heavy (non-hydrogen) atoms. The van der Waals surface area contributed by atoms with Gasteiger partial charge in [-0.1, -0.05) is 48.0 Å². The Hall–Kier alpha value is -1.31. The minimum absolute atomic E-state index is 0.0985. The highest BCUT2D eigenvalue weighted by Crippen LogP contribution is 2.27. The van der Waals surface area contributed by atoms with Crippen LogP contribution in [0.1, 0.15) is 28.2 Å². The zero-order chi connectivity index (χ0) is 13.8. The maximum absolute atomic E-state index is 9.67. The molecule has 2 aromatic rings. The second-order valence-electron chi connectivity index (χ2n) is 5.04. The minimum Gasteiger partial charge on any atom is -0.396 e. The topological polar surface area (TPSA) is 20.2 Å². The zero-order valence-corrected chi connectivity index (χ0v) is 12.1. The summed E-state index contributed by atoms with van der Waals surface area (Å²) in [4.78, 5) is 0. The van der Waals surface area contributed by atoms with Crippen LogP contribution in [-0.4, -0.2) is 11.7 Å². The Morgan fingerprint density at radius 3 is 2.47 bits per heavy atom. The number of benzene rings is 2. The molecular weight excluding hydrogens is 256 g/mol. The van der Waals surface area contributed by atoms with E-state index in [0.717, 1.165) is 22.6 Å². The molecule has 0 aliphatic heterocycles. The molecule has 2 heteroatoms. The van der Waals surface area contributed by atoms with Gasteiger partial charge in [0, 0.05) is 10.9 Å². The van der Waals surface area contributed by atoms with Crippen molar-refractivity contribution in [2.24, 2.45) is 0 Å². The molecule has 1 atom stereocenters. The Morgan fingerprint density at radius 1 is 1.11 bits per heavy atom. The summed E-state index contributed by atoms with van der Waals surface area (Å²) in [5, 5.41) is 10.5. The van der Waals surface area contributed by atoms with Crippen molar-refractivity contribution >= 4 is 11.6 Å². The van der Waals surface area contributed by atoms with Crippen LogP contribution in [0.5, 0.6) is 0 Å². The number of hydrogen-bond acceptors (Lipinski definition) is 1. The van der Waals surface area contributed by atoms with Crippen molar-refractivity contribution in [3.8, 4) is 0 Å². The third-order valence-electron chi connectivity index (χ3n) is 3.52. The van der Waals surface area contributed by atoms with Crippen LogP contribution in [0.25, 0.3) is 0 Å². The van der Waals surface area contributed by atoms with Gasteiger partial charge in [-0.25, -0.2) is 0 Å². The molecular formula is C17H19ClO. The SMILES string of the molecule is Cc1ccc(CC(CO)c2ccccc2C)c(Cl)c1. The van der Waals surface area contributed by atoms with Gasteiger partial charge in [-0.2, -0.15) is 0 Å². The molecule has 0 heterocycles. The number of aryl methyl sites for hydroxylation is 2. The predicted molar refractivity (Wildman–Crippen MR) is 80.9 cm³/mol. The van der Waals surface area contributed by atoms with E-state index in [1.54, 1.807) is 0 Å². The van der Waals surface area contributed by atoms with E-state index in [4.69, 9.17) is 11.6 Å². The van der Waals surface area contributed by atoms with Gasteiger partial charge in [-0.15, -0.1) is 0 Å². The summed E-state index contributed by atoms with van der Waals surface area (Å²) in [6.45, 7) is 4.24. The lowest BCUT2D eigenvalue weighted by atomic mass is 9.89. The highest BCUT2D eigenvalue weighted by Gasteiger charge is 2.15. The average molecular weight is 275 g/mol. The number of halogens is 1. The molecule has 1 N–H and O–H groups in total. The van der Waals surface area contributed by atoms with Crippen LogP contribution >= 0.6 is 11.6 Å². The Balaban J connectivity index is 2.27. The monoisotopic (exact) mass is 274 g/mol. The van der Waals surface area contributed by atoms with Gasteiger partial charge in [0.25, 0.3) is 0 Å². The van der Waals surface area contributed by atoms with Gasteiger partial charge in [-0.3, -0.25) is 0 Å². The first-order chi connectivity index (χ1) is 9.11. The first kappa shape index (κ1) is 14.1. The molecule has 2 aromatic carbocycles. The fourth-order valence-corrected chi connectivity index (χ4v) is 2.71. The Labute approximate surface area is 119 Å². The van der Waals surface area contributed by atoms with E-state index in [9.17, 15) is 5.11 Å². The lowest BCUT2D eigenvalue weighted by molar-refractivity contribution is 0.264. The van der Waals surface area contributed by atoms with Crippen LogP contribution < -0.4 is 0 Å². The lowest BCUT2D eigenvalue weighted by Gasteiger charge is -2.18. The normalized spacial score (nSPS) is 12.4. The molecule has 0 spiro atoms. The number of hydrogen-bond donors (Lipinski definition) is 1. The maximum Gasteiger partial charge on any atom is 0.0503 e. The first-order valence-corrected chi connectivity index (χ1v) is 6.91. The molecule has 1 unspecified atom stereocenters. The molecule has 0 amide bonds. The van der Waals surface area contributed by atoms with Crippen LogP contribution in [0.3, 0.4) is 0 Å². The van der Waals surface area contributed by atoms with Crippen molar-refractivity contribution in [1.82, 2.24) is 0 Å². The second-order valence-corrected chi connectivity index (χ2v) is 5.44. The lowest BCUT2D eigenvalue weighted by Crippen LogP contribution is -2.09. The molecule has 0 aliphatic rings. The number of aliphatic hydroxyl groups is 1. The Morgan fingerprint density at radius 2 is 1.84 bits per heavy atom. The van der Waals surface area contributed by atoms with Crippen LogP contribution in [0, 0.1) is 13.8 Å². The summed E-state index contributed by atoms with van der Waals surface area (Å²) < 4.78 is 0. The van der Waals surface area contributed by atoms with E-state index in [-0.39, 0.29) is 12.5 Å². The van der Waals surface area contributed by atoms with Crippen LogP contribution in [0.4, 0.5) is 0 Å². The van der Waals surface area contributed by atoms with Crippen LogP contribution in [0.15, 0.2) is 42.5 Å². The third-order valence-corrected chi connectivity index (χ3v) is 3.88. The van der Waals surface area contributed by atoms with E-state index in [1.807, 2.05) is 25.1 Å². The maximum atomic E-state index is 9.67. The molecule has 100 valence electrons. The van der Waals surface area contributed by atoms with Crippen molar-refractivity contribution in [2.75, 3.05) is 6.61 Å². The molecule has 0 radical (unpaired) electrons. The Bertz CT molecular complexity index is 563. The molecule has 0 saturated carbocycles. The standard InChI is InChI=1S/C17H19ClO/c1-12-7-8-14(17(18)9-12)10-15(11-19)16-6-4-3-5-13(16)2/h3-9,15,19H,10-11H2,1-2H3. The third kappa shape index (κ3) is 3.37. The molecule has 0 bridgehead atoms. The van der Waals surface area contributed by atoms with E-state index in [0.29, 0.717) is 0 Å². The highest BCUT2D eigenvalue weighted by atomic mass is 35.5. The van der Waals surface area contributed by atoms with Gasteiger partial charge in [0.2, 0.25) is 0 Å². The smallest absolute Gasteiger partial charge is 0.0503 e. The second kappa shape index (κ2) is 6.23. The zero-order valence-electron chi connectivity index (χ0n) is 11.4. The van der Waals surface area contributed by atoms with Crippen LogP contribution in [0.2, 0.25) is 5.02 Å². The largest absolute Gasteiger partial charge is 0.396 e. The predicted octanol–water partition coefficient (Wildman–Crippen LogP) is 4.28. The summed E-state index contributed by atoms with van der Waals surface area (Å²) in [6, 6.07) is 14.3. The summed E-state index contributed by atoms with van der Waals surface area (Å²) in [5.41, 5.74) is 4.66. The molecule has 2 rings (SSSR count). The van der Waals surface area contributed by atoms with Crippen molar-refractivity contribution in [2.45, 2.75) is 26.2 Å². The molecule has 0 aliphatic carbocycles. The van der Waals surface area contributed by atoms with Crippen molar-refractivity contribution in [3.05, 3.63) is 69.7 Å². The Kier molecular flexibility index (Phi) is 4.62. The van der Waals surface area contributed by atoms with Crippen molar-refractivity contribution in [3.63, 3.8) is 0 Å². The average Bonchev–Trinajstić information content (AvgIpc) is 2.39. The summed E-state index contributed by atoms with van der Waals surface area (Å²) >= 11 is 6.28. The quantitative estimate of drug-likeness (QED) is 0.882. The fourth-order valence-electron chi connectivity index (χ4n) is 2.40. The van der Waals surface area contributed by atoms with E-state index in [2.05, 4.69) is 31.2 Å². The van der Waals surface area contributed by atoms with E-state index >= 15 is 0 Å². The molecule has 0 aromatic heterocycles. The fraction of sp³-hybridized carbons (Fsp3) is 0.294. The van der Waals surface area contributed by atoms with Gasteiger partial charge in [-0.05, 0) is 48.6 Å². The summed E-state index contributed by atoms with van der Waals surface area (Å²) in [6.07, 6.45) is 0.764. The van der Waals surface area contributed by atoms with Gasteiger partial charge >= 0.3 is 0 Å². The molecule has 0 saturated heterocycles. The summed E-state index contributed by atoms with van der Waals surface area (Å²) in [5.74, 6) is 0.0985. The van der Waals surface area contributed by atoms with Crippen molar-refractivity contribution < 1.29 is 5.11 Å². The van der Waals surface area contributed by atoms with Gasteiger partial charge in [0.05, 0.1) is 6.61 Å². The number of aliphatic hydroxyl groups excluding tert-OH is 1. The van der Waals surface area contributed by atoms with Gasteiger partial charge in [0.15, 0.2) is 0 Å². The van der Waals surface area contributed by atoms with Crippen molar-refractivity contribution in [1.29, 1.82) is 0 Å². The van der Waals surface area contributed by atoms with Gasteiger partial charge < -0.3 is 5.11 Å². The van der Waals surface area contributed by atoms with Crippen LogP contribution in [-0.2, 0) is 6.42 Å². The molecule has 1 nitrogen and oxygen atoms in total. The summed E-state index contributed by atoms with van der Waals surface area (Å²) in [7, 11) is 0. The van der Waals surface area contributed by atoms with Gasteiger partial charge in [0.1, 0.15) is 0 Å². The molecule has 0 fully saturated rings. The van der Waals surface area contributed by atoms with E-state index < -0.39 is 0 Å². The van der Waals surface area contributed by atoms with E-state index in [1.165, 1.54) is 11.1 Å². The minimum atomic E-state index is 0.0985. The first-order valence-electron chi connectivity index (χ1n) is 6.53.